The smallest absolute Gasteiger partial charge is 0.305 e. The fraction of sp³-hybridized carbons (Fsp3) is 0.960. The molecule has 0 rings (SSSR count). The first-order valence-electron chi connectivity index (χ1n) is 12.8. The van der Waals surface area contributed by atoms with Crippen molar-refractivity contribution in [3.8, 4) is 0 Å². The van der Waals surface area contributed by atoms with Crippen molar-refractivity contribution in [2.24, 2.45) is 5.18 Å². The third kappa shape index (κ3) is 21.7. The summed E-state index contributed by atoms with van der Waals surface area (Å²) in [7, 11) is 0. The van der Waals surface area contributed by atoms with Crippen LogP contribution in [-0.2, 0) is 14.3 Å². The molecule has 1 atom stereocenters. The molecule has 0 radical (unpaired) electrons. The topological polar surface area (TPSA) is 65.0 Å². The zero-order valence-electron chi connectivity index (χ0n) is 20.0. The fourth-order valence-electron chi connectivity index (χ4n) is 3.48. The average Bonchev–Trinajstić information content (AvgIpc) is 2.76. The molecule has 0 unspecified atom stereocenters. The molecule has 0 aromatic carbocycles. The Bertz CT molecular complexity index is 376. The minimum absolute atomic E-state index is 0.0349. The molecule has 178 valence electrons. The van der Waals surface area contributed by atoms with E-state index < -0.39 is 6.04 Å². The Hall–Kier alpha value is -0.970. The van der Waals surface area contributed by atoms with Gasteiger partial charge in [-0.05, 0) is 12.8 Å². The molecule has 5 nitrogen and oxygen atoms in total. The lowest BCUT2D eigenvalue weighted by atomic mass is 10.0. The highest BCUT2D eigenvalue weighted by Crippen LogP contribution is 2.13. The number of carbonyl (C=O) groups is 1. The van der Waals surface area contributed by atoms with E-state index in [1.165, 1.54) is 83.5 Å². The van der Waals surface area contributed by atoms with Gasteiger partial charge in [-0.2, -0.15) is 4.91 Å². The number of nitroso groups, excluding NO2 is 1. The van der Waals surface area contributed by atoms with Crippen LogP contribution in [0.5, 0.6) is 0 Å². The molecule has 0 N–H and O–H groups in total. The molecule has 0 heterocycles. The number of hydrogen-bond donors (Lipinski definition) is 0. The summed E-state index contributed by atoms with van der Waals surface area (Å²) in [5.41, 5.74) is 0. The Labute approximate surface area is 186 Å². The van der Waals surface area contributed by atoms with Gasteiger partial charge in [0.15, 0.2) is 0 Å². The van der Waals surface area contributed by atoms with Gasteiger partial charge in [0.1, 0.15) is 12.6 Å². The largest absolute Gasteiger partial charge is 0.463 e. The van der Waals surface area contributed by atoms with Gasteiger partial charge in [-0.15, -0.1) is 0 Å². The van der Waals surface area contributed by atoms with E-state index in [0.717, 1.165) is 25.7 Å². The number of ether oxygens (including phenoxy) is 2. The zero-order chi connectivity index (χ0) is 22.1. The molecule has 0 fully saturated rings. The van der Waals surface area contributed by atoms with Gasteiger partial charge >= 0.3 is 5.97 Å². The summed E-state index contributed by atoms with van der Waals surface area (Å²) in [6, 6.07) is -0.591. The summed E-state index contributed by atoms with van der Waals surface area (Å²) in [4.78, 5) is 22.5. The van der Waals surface area contributed by atoms with Crippen molar-refractivity contribution >= 4 is 5.97 Å². The number of carbonyl (C=O) groups excluding carboxylic acids is 1. The van der Waals surface area contributed by atoms with Gasteiger partial charge in [-0.3, -0.25) is 4.79 Å². The molecule has 0 aliphatic carbocycles. The third-order valence-corrected chi connectivity index (χ3v) is 5.52. The van der Waals surface area contributed by atoms with Gasteiger partial charge in [0, 0.05) is 13.0 Å². The minimum atomic E-state index is -0.591. The van der Waals surface area contributed by atoms with Crippen LogP contribution < -0.4 is 0 Å². The summed E-state index contributed by atoms with van der Waals surface area (Å²) in [6.07, 6.45) is 22.0. The van der Waals surface area contributed by atoms with Crippen molar-refractivity contribution < 1.29 is 14.3 Å². The summed E-state index contributed by atoms with van der Waals surface area (Å²) >= 11 is 0. The SMILES string of the molecule is CCCCCCCCCCCCCCCCCC(=O)OC[C@H](COCCCC)N=O. The second-order valence-electron chi connectivity index (χ2n) is 8.57. The molecule has 0 aliphatic heterocycles. The summed E-state index contributed by atoms with van der Waals surface area (Å²) < 4.78 is 10.5. The number of esters is 1. The molecule has 0 aliphatic rings. The van der Waals surface area contributed by atoms with Gasteiger partial charge in [0.25, 0.3) is 0 Å². The van der Waals surface area contributed by atoms with Crippen molar-refractivity contribution in [1.29, 1.82) is 0 Å². The maximum Gasteiger partial charge on any atom is 0.305 e. The Morgan fingerprint density at radius 3 is 1.60 bits per heavy atom. The van der Waals surface area contributed by atoms with Crippen molar-refractivity contribution in [2.75, 3.05) is 19.8 Å². The number of rotatable bonds is 24. The van der Waals surface area contributed by atoms with E-state index in [0.29, 0.717) is 13.0 Å². The number of nitrogens with zero attached hydrogens (tertiary/aromatic N) is 1. The van der Waals surface area contributed by atoms with Gasteiger partial charge in [-0.1, -0.05) is 115 Å². The Morgan fingerprint density at radius 2 is 1.13 bits per heavy atom. The first kappa shape index (κ1) is 29.0. The molecule has 0 bridgehead atoms. The van der Waals surface area contributed by atoms with Gasteiger partial charge in [-0.25, -0.2) is 0 Å². The molecular weight excluding hydrogens is 378 g/mol. The van der Waals surface area contributed by atoms with E-state index in [2.05, 4.69) is 19.0 Å². The van der Waals surface area contributed by atoms with Crippen LogP contribution in [0.25, 0.3) is 0 Å². The Morgan fingerprint density at radius 1 is 0.667 bits per heavy atom. The standard InChI is InChI=1S/C25H49NO4/c1-3-5-7-8-9-10-11-12-13-14-15-16-17-18-19-20-25(27)30-23-24(26-28)22-29-21-6-4-2/h24H,3-23H2,1-2H3/t24-/m0/s1. The van der Waals surface area contributed by atoms with Crippen LogP contribution in [0.1, 0.15) is 129 Å². The van der Waals surface area contributed by atoms with Crippen LogP contribution in [0.4, 0.5) is 0 Å². The van der Waals surface area contributed by atoms with Crippen LogP contribution in [0.15, 0.2) is 5.18 Å². The van der Waals surface area contributed by atoms with Crippen LogP contribution >= 0.6 is 0 Å². The predicted molar refractivity (Wildman–Crippen MR) is 126 cm³/mol. The van der Waals surface area contributed by atoms with E-state index in [9.17, 15) is 9.70 Å². The van der Waals surface area contributed by atoms with E-state index >= 15 is 0 Å². The summed E-state index contributed by atoms with van der Waals surface area (Å²) in [6.45, 7) is 5.24. The lowest BCUT2D eigenvalue weighted by Gasteiger charge is -2.10. The lowest BCUT2D eigenvalue weighted by molar-refractivity contribution is -0.144. The molecule has 5 heteroatoms. The van der Waals surface area contributed by atoms with Crippen molar-refractivity contribution in [1.82, 2.24) is 0 Å². The summed E-state index contributed by atoms with van der Waals surface area (Å²) in [5, 5.41) is 2.98. The maximum atomic E-state index is 11.8. The molecule has 0 spiro atoms. The quantitative estimate of drug-likeness (QED) is 0.0897. The van der Waals surface area contributed by atoms with E-state index in [-0.39, 0.29) is 19.2 Å². The fourth-order valence-corrected chi connectivity index (χ4v) is 3.48. The van der Waals surface area contributed by atoms with Crippen molar-refractivity contribution in [3.63, 3.8) is 0 Å². The Kier molecular flexibility index (Phi) is 23.5. The first-order valence-corrected chi connectivity index (χ1v) is 12.8. The van der Waals surface area contributed by atoms with Gasteiger partial charge in [0.05, 0.1) is 6.61 Å². The molecule has 0 saturated heterocycles. The second kappa shape index (κ2) is 24.3. The maximum absolute atomic E-state index is 11.8. The second-order valence-corrected chi connectivity index (χ2v) is 8.57. The molecular formula is C25H49NO4. The van der Waals surface area contributed by atoms with Crippen LogP contribution in [-0.4, -0.2) is 31.8 Å². The van der Waals surface area contributed by atoms with E-state index in [4.69, 9.17) is 9.47 Å². The van der Waals surface area contributed by atoms with Crippen molar-refractivity contribution in [3.05, 3.63) is 4.91 Å². The number of hydrogen-bond acceptors (Lipinski definition) is 5. The molecule has 0 aromatic heterocycles. The van der Waals surface area contributed by atoms with Gasteiger partial charge < -0.3 is 9.47 Å². The lowest BCUT2D eigenvalue weighted by Crippen LogP contribution is -2.22. The molecule has 0 amide bonds. The summed E-state index contributed by atoms with van der Waals surface area (Å²) in [5.74, 6) is -0.230. The van der Waals surface area contributed by atoms with E-state index in [1.807, 2.05) is 0 Å². The first-order chi connectivity index (χ1) is 14.7. The van der Waals surface area contributed by atoms with Crippen LogP contribution in [0.2, 0.25) is 0 Å². The molecule has 30 heavy (non-hydrogen) atoms. The van der Waals surface area contributed by atoms with E-state index in [1.54, 1.807) is 0 Å². The Balaban J connectivity index is 3.33. The third-order valence-electron chi connectivity index (χ3n) is 5.52. The molecule has 0 saturated carbocycles. The highest BCUT2D eigenvalue weighted by molar-refractivity contribution is 5.69. The van der Waals surface area contributed by atoms with Crippen LogP contribution in [0, 0.1) is 4.91 Å². The number of unbranched alkanes of at least 4 members (excludes halogenated alkanes) is 15. The highest BCUT2D eigenvalue weighted by Gasteiger charge is 2.12. The zero-order valence-corrected chi connectivity index (χ0v) is 20.0. The normalized spacial score (nSPS) is 12.1. The minimum Gasteiger partial charge on any atom is -0.463 e. The predicted octanol–water partition coefficient (Wildman–Crippen LogP) is 7.74. The average molecular weight is 428 g/mol. The van der Waals surface area contributed by atoms with Crippen LogP contribution in [0.3, 0.4) is 0 Å². The highest BCUT2D eigenvalue weighted by atomic mass is 16.5. The van der Waals surface area contributed by atoms with Crippen molar-refractivity contribution in [2.45, 2.75) is 135 Å². The van der Waals surface area contributed by atoms with Gasteiger partial charge in [0.2, 0.25) is 0 Å². The monoisotopic (exact) mass is 427 g/mol. The molecule has 0 aromatic rings.